The van der Waals surface area contributed by atoms with E-state index >= 15 is 0 Å². The highest BCUT2D eigenvalue weighted by Crippen LogP contribution is 2.26. The van der Waals surface area contributed by atoms with Crippen LogP contribution in [0.25, 0.3) is 0 Å². The van der Waals surface area contributed by atoms with Gasteiger partial charge in [-0.15, -0.1) is 12.4 Å². The fourth-order valence-corrected chi connectivity index (χ4v) is 2.08. The maximum Gasteiger partial charge on any atom is 0.255 e. The van der Waals surface area contributed by atoms with E-state index in [4.69, 9.17) is 10.5 Å². The molecule has 1 aromatic carbocycles. The third-order valence-corrected chi connectivity index (χ3v) is 3.41. The second-order valence-electron chi connectivity index (χ2n) is 5.22. The monoisotopic (exact) mass is 313 g/mol. The topological polar surface area (TPSA) is 93.4 Å². The van der Waals surface area contributed by atoms with E-state index in [1.165, 1.54) is 0 Å². The molecule has 1 unspecified atom stereocenters. The molecule has 0 radical (unpaired) electrons. The average molecular weight is 314 g/mol. The van der Waals surface area contributed by atoms with E-state index in [1.807, 2.05) is 6.92 Å². The maximum absolute atomic E-state index is 12.2. The van der Waals surface area contributed by atoms with E-state index in [1.54, 1.807) is 24.3 Å². The molecule has 0 aliphatic carbocycles. The van der Waals surface area contributed by atoms with Gasteiger partial charge < -0.3 is 21.1 Å². The molecule has 1 aromatic rings. The summed E-state index contributed by atoms with van der Waals surface area (Å²) < 4.78 is 5.15. The standard InChI is InChI=1S/C14H19N3O3.ClH/c1-14(6-7-16-9-14)13(19)17-10-2-4-11(5-3-10)20-8-12(15)18;/h2-5,16H,6-9H2,1H3,(H2,15,18)(H,17,19);1H. The first-order valence-electron chi connectivity index (χ1n) is 6.53. The number of carbonyl (C=O) groups is 2. The lowest BCUT2D eigenvalue weighted by Gasteiger charge is -2.21. The Hall–Kier alpha value is -1.79. The minimum atomic E-state index is -0.524. The van der Waals surface area contributed by atoms with Crippen LogP contribution in [0.15, 0.2) is 24.3 Å². The van der Waals surface area contributed by atoms with Crippen LogP contribution in [-0.2, 0) is 9.59 Å². The van der Waals surface area contributed by atoms with Crippen molar-refractivity contribution in [1.29, 1.82) is 0 Å². The quantitative estimate of drug-likeness (QED) is 0.753. The molecular weight excluding hydrogens is 294 g/mol. The number of hydrogen-bond acceptors (Lipinski definition) is 4. The zero-order valence-electron chi connectivity index (χ0n) is 11.8. The van der Waals surface area contributed by atoms with Crippen LogP contribution in [0, 0.1) is 5.41 Å². The molecule has 1 aliphatic rings. The molecule has 2 amide bonds. The summed E-state index contributed by atoms with van der Waals surface area (Å²) in [5.41, 5.74) is 5.34. The summed E-state index contributed by atoms with van der Waals surface area (Å²) in [6.45, 7) is 3.35. The average Bonchev–Trinajstić information content (AvgIpc) is 2.86. The van der Waals surface area contributed by atoms with Crippen molar-refractivity contribution in [2.75, 3.05) is 25.0 Å². The van der Waals surface area contributed by atoms with Crippen molar-refractivity contribution in [3.63, 3.8) is 0 Å². The van der Waals surface area contributed by atoms with Crippen molar-refractivity contribution in [3.8, 4) is 5.75 Å². The van der Waals surface area contributed by atoms with E-state index in [0.717, 1.165) is 13.0 Å². The van der Waals surface area contributed by atoms with Gasteiger partial charge in [-0.1, -0.05) is 0 Å². The number of primary amides is 1. The molecule has 0 spiro atoms. The van der Waals surface area contributed by atoms with Gasteiger partial charge in [-0.3, -0.25) is 9.59 Å². The number of rotatable bonds is 5. The summed E-state index contributed by atoms with van der Waals surface area (Å²) in [4.78, 5) is 22.8. The Bertz CT molecular complexity index is 499. The van der Waals surface area contributed by atoms with Gasteiger partial charge in [0.2, 0.25) is 5.91 Å². The Labute approximate surface area is 129 Å². The molecule has 0 aromatic heterocycles. The molecule has 1 heterocycles. The van der Waals surface area contributed by atoms with E-state index in [-0.39, 0.29) is 30.3 Å². The Morgan fingerprint density at radius 3 is 2.57 bits per heavy atom. The maximum atomic E-state index is 12.2. The number of nitrogens with two attached hydrogens (primary N) is 1. The molecule has 2 rings (SSSR count). The van der Waals surface area contributed by atoms with Gasteiger partial charge in [0, 0.05) is 12.2 Å². The summed E-state index contributed by atoms with van der Waals surface area (Å²) >= 11 is 0. The lowest BCUT2D eigenvalue weighted by molar-refractivity contribution is -0.123. The zero-order valence-corrected chi connectivity index (χ0v) is 12.7. The van der Waals surface area contributed by atoms with Crippen LogP contribution in [0.1, 0.15) is 13.3 Å². The molecule has 116 valence electrons. The van der Waals surface area contributed by atoms with Gasteiger partial charge in [-0.05, 0) is 44.2 Å². The SMILES string of the molecule is CC1(C(=O)Nc2ccc(OCC(N)=O)cc2)CCNC1.Cl. The predicted octanol–water partition coefficient (Wildman–Crippen LogP) is 0.911. The molecule has 21 heavy (non-hydrogen) atoms. The van der Waals surface area contributed by atoms with Crippen LogP contribution >= 0.6 is 12.4 Å². The number of hydrogen-bond donors (Lipinski definition) is 3. The van der Waals surface area contributed by atoms with Crippen LogP contribution in [0.2, 0.25) is 0 Å². The van der Waals surface area contributed by atoms with Crippen LogP contribution in [0.5, 0.6) is 5.75 Å². The van der Waals surface area contributed by atoms with Crippen LogP contribution in [0.4, 0.5) is 5.69 Å². The Kier molecular flexibility index (Phi) is 5.99. The van der Waals surface area contributed by atoms with Crippen molar-refractivity contribution in [2.45, 2.75) is 13.3 Å². The van der Waals surface area contributed by atoms with E-state index < -0.39 is 5.91 Å². The Morgan fingerprint density at radius 1 is 1.38 bits per heavy atom. The molecule has 1 atom stereocenters. The highest BCUT2D eigenvalue weighted by molar-refractivity contribution is 5.95. The lowest BCUT2D eigenvalue weighted by Crippen LogP contribution is -2.35. The molecular formula is C14H20ClN3O3. The number of anilines is 1. The molecule has 1 aliphatic heterocycles. The summed E-state index contributed by atoms with van der Waals surface area (Å²) in [7, 11) is 0. The Morgan fingerprint density at radius 2 is 2.05 bits per heavy atom. The predicted molar refractivity (Wildman–Crippen MR) is 82.6 cm³/mol. The third kappa shape index (κ3) is 4.61. The first-order valence-corrected chi connectivity index (χ1v) is 6.53. The molecule has 7 heteroatoms. The smallest absolute Gasteiger partial charge is 0.255 e. The minimum Gasteiger partial charge on any atom is -0.484 e. The number of benzene rings is 1. The molecule has 0 saturated carbocycles. The highest BCUT2D eigenvalue weighted by Gasteiger charge is 2.36. The Balaban J connectivity index is 0.00000220. The number of carbonyl (C=O) groups excluding carboxylic acids is 2. The molecule has 6 nitrogen and oxygen atoms in total. The molecule has 1 fully saturated rings. The van der Waals surface area contributed by atoms with Gasteiger partial charge >= 0.3 is 0 Å². The van der Waals surface area contributed by atoms with E-state index in [0.29, 0.717) is 18.0 Å². The van der Waals surface area contributed by atoms with Crippen LogP contribution in [0.3, 0.4) is 0 Å². The highest BCUT2D eigenvalue weighted by atomic mass is 35.5. The van der Waals surface area contributed by atoms with Crippen LogP contribution in [-0.4, -0.2) is 31.5 Å². The summed E-state index contributed by atoms with van der Waals surface area (Å²) in [6.07, 6.45) is 0.832. The number of amides is 2. The van der Waals surface area contributed by atoms with Gasteiger partial charge in [-0.25, -0.2) is 0 Å². The largest absolute Gasteiger partial charge is 0.484 e. The molecule has 4 N–H and O–H groups in total. The van der Waals surface area contributed by atoms with Crippen molar-refractivity contribution >= 4 is 29.9 Å². The molecule has 1 saturated heterocycles. The van der Waals surface area contributed by atoms with Gasteiger partial charge in [0.15, 0.2) is 6.61 Å². The number of ether oxygens (including phenoxy) is 1. The lowest BCUT2D eigenvalue weighted by atomic mass is 9.89. The van der Waals surface area contributed by atoms with Gasteiger partial charge in [-0.2, -0.15) is 0 Å². The second kappa shape index (κ2) is 7.28. The summed E-state index contributed by atoms with van der Waals surface area (Å²) in [6, 6.07) is 6.85. The number of halogens is 1. The van der Waals surface area contributed by atoms with E-state index in [9.17, 15) is 9.59 Å². The minimum absolute atomic E-state index is 0. The van der Waals surface area contributed by atoms with Crippen molar-refractivity contribution in [3.05, 3.63) is 24.3 Å². The summed E-state index contributed by atoms with van der Waals surface area (Å²) in [5, 5.41) is 6.08. The van der Waals surface area contributed by atoms with Gasteiger partial charge in [0.1, 0.15) is 5.75 Å². The zero-order chi connectivity index (χ0) is 14.6. The van der Waals surface area contributed by atoms with Crippen molar-refractivity contribution in [2.24, 2.45) is 11.1 Å². The first kappa shape index (κ1) is 17.3. The number of nitrogens with one attached hydrogen (secondary N) is 2. The van der Waals surface area contributed by atoms with Gasteiger partial charge in [0.25, 0.3) is 5.91 Å². The fraction of sp³-hybridized carbons (Fsp3) is 0.429. The summed E-state index contributed by atoms with van der Waals surface area (Å²) in [5.74, 6) is 0.0212. The first-order chi connectivity index (χ1) is 9.49. The normalized spacial score (nSPS) is 20.4. The molecule has 0 bridgehead atoms. The second-order valence-corrected chi connectivity index (χ2v) is 5.22. The van der Waals surface area contributed by atoms with Crippen molar-refractivity contribution < 1.29 is 14.3 Å². The fourth-order valence-electron chi connectivity index (χ4n) is 2.08. The van der Waals surface area contributed by atoms with Crippen molar-refractivity contribution in [1.82, 2.24) is 5.32 Å². The van der Waals surface area contributed by atoms with E-state index in [2.05, 4.69) is 10.6 Å². The third-order valence-electron chi connectivity index (χ3n) is 3.41. The van der Waals surface area contributed by atoms with Gasteiger partial charge in [0.05, 0.1) is 5.41 Å². The van der Waals surface area contributed by atoms with Crippen LogP contribution < -0.4 is 21.1 Å².